The lowest BCUT2D eigenvalue weighted by Crippen LogP contribution is -2.42. The number of nitrogens with one attached hydrogen (secondary N) is 2. The van der Waals surface area contributed by atoms with Crippen LogP contribution in [-0.4, -0.2) is 45.0 Å². The van der Waals surface area contributed by atoms with Crippen molar-refractivity contribution in [1.82, 2.24) is 10.6 Å². The van der Waals surface area contributed by atoms with Crippen LogP contribution in [-0.2, 0) is 9.84 Å². The lowest BCUT2D eigenvalue weighted by molar-refractivity contribution is 0.192. The van der Waals surface area contributed by atoms with Crippen molar-refractivity contribution in [3.63, 3.8) is 0 Å². The average molecular weight is 483 g/mol. The van der Waals surface area contributed by atoms with E-state index in [-0.39, 0.29) is 29.9 Å². The largest absolute Gasteiger partial charge is 0.356 e. The molecule has 0 bridgehead atoms. The summed E-state index contributed by atoms with van der Waals surface area (Å²) in [6.45, 7) is 6.35. The van der Waals surface area contributed by atoms with Crippen molar-refractivity contribution in [3.8, 4) is 0 Å². The number of halogens is 1. The van der Waals surface area contributed by atoms with E-state index in [2.05, 4.69) is 24.5 Å². The molecule has 1 saturated heterocycles. The van der Waals surface area contributed by atoms with Gasteiger partial charge in [0.15, 0.2) is 15.8 Å². The molecule has 1 heterocycles. The van der Waals surface area contributed by atoms with Gasteiger partial charge in [0.1, 0.15) is 0 Å². The smallest absolute Gasteiger partial charge is 0.191 e. The average Bonchev–Trinajstić information content (AvgIpc) is 3.25. The van der Waals surface area contributed by atoms with E-state index >= 15 is 0 Å². The fourth-order valence-electron chi connectivity index (χ4n) is 3.71. The van der Waals surface area contributed by atoms with E-state index in [9.17, 15) is 8.42 Å². The van der Waals surface area contributed by atoms with Crippen LogP contribution in [0.15, 0.2) is 4.99 Å². The highest BCUT2D eigenvalue weighted by molar-refractivity contribution is 14.0. The van der Waals surface area contributed by atoms with Gasteiger partial charge in [-0.1, -0.05) is 13.8 Å². The Bertz CT molecular complexity index is 563. The first kappa shape index (κ1) is 21.3. The Morgan fingerprint density at radius 3 is 2.32 bits per heavy atom. The lowest BCUT2D eigenvalue weighted by atomic mass is 9.73. The molecule has 0 amide bonds. The monoisotopic (exact) mass is 483 g/mol. The zero-order valence-electron chi connectivity index (χ0n) is 15.6. The number of nitrogens with zero attached hydrogens (tertiary/aromatic N) is 1. The first-order chi connectivity index (χ1) is 11.3. The third kappa shape index (κ3) is 7.23. The van der Waals surface area contributed by atoms with Crippen LogP contribution in [0, 0.1) is 17.3 Å². The van der Waals surface area contributed by atoms with E-state index in [4.69, 9.17) is 4.99 Å². The maximum absolute atomic E-state index is 11.6. The standard InChI is InChI=1S/C18H33N3O2S.HI/c1-18(2)8-5-14(6-9-18)11-19-17(21-16-3-4-16)20-12-15-7-10-24(22,23)13-15;/h14-16H,3-13H2,1-2H3,(H2,19,20,21);1H. The highest BCUT2D eigenvalue weighted by Gasteiger charge is 2.29. The highest BCUT2D eigenvalue weighted by atomic mass is 127. The highest BCUT2D eigenvalue weighted by Crippen LogP contribution is 2.37. The minimum absolute atomic E-state index is 0. The minimum Gasteiger partial charge on any atom is -0.356 e. The van der Waals surface area contributed by atoms with E-state index in [0.29, 0.717) is 29.5 Å². The second-order valence-corrected chi connectivity index (χ2v) is 11.1. The molecule has 0 aromatic carbocycles. The van der Waals surface area contributed by atoms with Crippen LogP contribution >= 0.6 is 24.0 Å². The van der Waals surface area contributed by atoms with Gasteiger partial charge in [0.25, 0.3) is 0 Å². The number of sulfone groups is 1. The topological polar surface area (TPSA) is 70.6 Å². The van der Waals surface area contributed by atoms with Gasteiger partial charge in [-0.2, -0.15) is 0 Å². The van der Waals surface area contributed by atoms with Crippen molar-refractivity contribution in [2.75, 3.05) is 24.6 Å². The van der Waals surface area contributed by atoms with E-state index in [0.717, 1.165) is 24.8 Å². The van der Waals surface area contributed by atoms with E-state index < -0.39 is 9.84 Å². The van der Waals surface area contributed by atoms with Crippen LogP contribution in [0.5, 0.6) is 0 Å². The SMILES string of the molecule is CC1(C)CCC(CNC(=NCC2CCS(=O)(=O)C2)NC2CC2)CC1.I. The summed E-state index contributed by atoms with van der Waals surface area (Å²) in [6, 6.07) is 0.564. The Kier molecular flexibility index (Phi) is 7.45. The molecular weight excluding hydrogens is 449 g/mol. The van der Waals surface area contributed by atoms with Gasteiger partial charge in [-0.15, -0.1) is 24.0 Å². The molecular formula is C18H34IN3O2S. The Hall–Kier alpha value is -0.0500. The normalized spacial score (nSPS) is 29.0. The molecule has 25 heavy (non-hydrogen) atoms. The van der Waals surface area contributed by atoms with E-state index in [1.165, 1.54) is 38.5 Å². The quantitative estimate of drug-likeness (QED) is 0.359. The Balaban J connectivity index is 0.00000225. The first-order valence-corrected chi connectivity index (χ1v) is 11.4. The molecule has 3 fully saturated rings. The van der Waals surface area contributed by atoms with Crippen molar-refractivity contribution in [1.29, 1.82) is 0 Å². The number of rotatable bonds is 5. The van der Waals surface area contributed by atoms with Gasteiger partial charge in [0.05, 0.1) is 11.5 Å². The Labute approximate surface area is 170 Å². The molecule has 3 aliphatic rings. The van der Waals surface area contributed by atoms with Gasteiger partial charge in [-0.25, -0.2) is 8.42 Å². The van der Waals surface area contributed by atoms with Gasteiger partial charge in [0.2, 0.25) is 0 Å². The van der Waals surface area contributed by atoms with Gasteiger partial charge in [0, 0.05) is 19.1 Å². The van der Waals surface area contributed by atoms with Gasteiger partial charge >= 0.3 is 0 Å². The van der Waals surface area contributed by atoms with Crippen LogP contribution in [0.3, 0.4) is 0 Å². The maximum atomic E-state index is 11.6. The zero-order valence-corrected chi connectivity index (χ0v) is 18.7. The fourth-order valence-corrected chi connectivity index (χ4v) is 5.56. The number of hydrogen-bond donors (Lipinski definition) is 2. The number of hydrogen-bond acceptors (Lipinski definition) is 3. The summed E-state index contributed by atoms with van der Waals surface area (Å²) < 4.78 is 23.2. The molecule has 5 nitrogen and oxygen atoms in total. The third-order valence-corrected chi connectivity index (χ3v) is 7.61. The fraction of sp³-hybridized carbons (Fsp3) is 0.944. The van der Waals surface area contributed by atoms with Crippen LogP contribution in [0.25, 0.3) is 0 Å². The lowest BCUT2D eigenvalue weighted by Gasteiger charge is -2.34. The summed E-state index contributed by atoms with van der Waals surface area (Å²) >= 11 is 0. The molecule has 2 saturated carbocycles. The summed E-state index contributed by atoms with van der Waals surface area (Å²) in [5.41, 5.74) is 0.508. The van der Waals surface area contributed by atoms with E-state index in [1.54, 1.807) is 0 Å². The minimum atomic E-state index is -2.80. The van der Waals surface area contributed by atoms with Crippen molar-refractivity contribution in [3.05, 3.63) is 0 Å². The molecule has 0 radical (unpaired) electrons. The summed E-state index contributed by atoms with van der Waals surface area (Å²) in [5.74, 6) is 2.47. The predicted molar refractivity (Wildman–Crippen MR) is 114 cm³/mol. The van der Waals surface area contributed by atoms with Crippen molar-refractivity contribution in [2.45, 2.75) is 64.8 Å². The van der Waals surface area contributed by atoms with Crippen LogP contribution in [0.2, 0.25) is 0 Å². The van der Waals surface area contributed by atoms with Crippen molar-refractivity contribution < 1.29 is 8.42 Å². The molecule has 1 atom stereocenters. The second-order valence-electron chi connectivity index (χ2n) is 8.87. The second kappa shape index (κ2) is 8.76. The molecule has 1 unspecified atom stereocenters. The number of aliphatic imine (C=N–C) groups is 1. The van der Waals surface area contributed by atoms with Gasteiger partial charge < -0.3 is 10.6 Å². The van der Waals surface area contributed by atoms with Gasteiger partial charge in [-0.3, -0.25) is 4.99 Å². The molecule has 146 valence electrons. The molecule has 2 aliphatic carbocycles. The number of guanidine groups is 1. The first-order valence-electron chi connectivity index (χ1n) is 9.57. The van der Waals surface area contributed by atoms with Crippen molar-refractivity contribution >= 4 is 39.8 Å². The van der Waals surface area contributed by atoms with E-state index in [1.807, 2.05) is 0 Å². The summed E-state index contributed by atoms with van der Waals surface area (Å²) in [4.78, 5) is 4.69. The molecule has 0 aromatic heterocycles. The van der Waals surface area contributed by atoms with Crippen molar-refractivity contribution in [2.24, 2.45) is 22.2 Å². The summed E-state index contributed by atoms with van der Waals surface area (Å²) in [6.07, 6.45) is 8.39. The molecule has 0 spiro atoms. The maximum Gasteiger partial charge on any atom is 0.191 e. The molecule has 7 heteroatoms. The summed E-state index contributed by atoms with van der Waals surface area (Å²) in [5, 5.41) is 7.00. The van der Waals surface area contributed by atoms with Crippen LogP contribution < -0.4 is 10.6 Å². The zero-order chi connectivity index (χ0) is 17.2. The Morgan fingerprint density at radius 2 is 1.76 bits per heavy atom. The Morgan fingerprint density at radius 1 is 1.08 bits per heavy atom. The molecule has 1 aliphatic heterocycles. The third-order valence-electron chi connectivity index (χ3n) is 5.77. The predicted octanol–water partition coefficient (Wildman–Crippen LogP) is 2.95. The van der Waals surface area contributed by atoms with Crippen LogP contribution in [0.4, 0.5) is 0 Å². The molecule has 2 N–H and O–H groups in total. The molecule has 0 aromatic rings. The van der Waals surface area contributed by atoms with Crippen LogP contribution in [0.1, 0.15) is 58.8 Å². The summed E-state index contributed by atoms with van der Waals surface area (Å²) in [7, 11) is -2.80. The molecule has 3 rings (SSSR count). The van der Waals surface area contributed by atoms with Gasteiger partial charge in [-0.05, 0) is 62.2 Å².